The summed E-state index contributed by atoms with van der Waals surface area (Å²) in [6.45, 7) is 1.91. The molecule has 0 N–H and O–H groups in total. The molecule has 0 aromatic carbocycles. The fourth-order valence-electron chi connectivity index (χ4n) is 4.62. The average molecular weight is 336 g/mol. The second kappa shape index (κ2) is 6.37. The van der Waals surface area contributed by atoms with E-state index >= 15 is 0 Å². The summed E-state index contributed by atoms with van der Waals surface area (Å²) in [7, 11) is 0. The minimum atomic E-state index is 0.368. The molecule has 2 aliphatic carbocycles. The molecule has 130 valence electrons. The largest absolute Gasteiger partial charge is 0.376 e. The molecule has 1 saturated heterocycles. The highest BCUT2D eigenvalue weighted by Gasteiger charge is 2.37. The summed E-state index contributed by atoms with van der Waals surface area (Å²) in [5.74, 6) is 1.93. The smallest absolute Gasteiger partial charge is 0.180 e. The van der Waals surface area contributed by atoms with E-state index in [-0.39, 0.29) is 0 Å². The number of aryl methyl sites for hydroxylation is 1. The fraction of sp³-hybridized carbons (Fsp3) is 0.550. The number of pyridine rings is 1. The maximum Gasteiger partial charge on any atom is 0.180 e. The predicted molar refractivity (Wildman–Crippen MR) is 96.6 cm³/mol. The first kappa shape index (κ1) is 15.3. The van der Waals surface area contributed by atoms with Crippen LogP contribution in [0.15, 0.2) is 24.4 Å². The molecule has 5 heteroatoms. The fourth-order valence-corrected chi connectivity index (χ4v) is 4.62. The highest BCUT2D eigenvalue weighted by molar-refractivity contribution is 5.59. The minimum Gasteiger partial charge on any atom is -0.376 e. The SMILES string of the molecule is c1ccc(-c2nc3c(c(N4CCCOC5CCCC54)n2)CCC3)nc1. The van der Waals surface area contributed by atoms with E-state index in [1.54, 1.807) is 0 Å². The first-order valence-corrected chi connectivity index (χ1v) is 9.59. The van der Waals surface area contributed by atoms with Crippen molar-refractivity contribution in [2.75, 3.05) is 18.1 Å². The zero-order chi connectivity index (χ0) is 16.6. The summed E-state index contributed by atoms with van der Waals surface area (Å²) in [5.41, 5.74) is 3.46. The van der Waals surface area contributed by atoms with Gasteiger partial charge in [-0.15, -0.1) is 0 Å². The van der Waals surface area contributed by atoms with Crippen molar-refractivity contribution >= 4 is 5.82 Å². The standard InChI is InChI=1S/C20H24N4O/c1-2-11-21-16(7-1)19-22-15-8-3-6-14(15)20(23-19)24-12-5-13-25-18-10-4-9-17(18)24/h1-2,7,11,17-18H,3-6,8-10,12-13H2. The molecule has 3 heterocycles. The summed E-state index contributed by atoms with van der Waals surface area (Å²) in [6.07, 6.45) is 10.2. The van der Waals surface area contributed by atoms with Gasteiger partial charge in [0.1, 0.15) is 11.5 Å². The number of rotatable bonds is 2. The molecule has 0 amide bonds. The molecule has 0 spiro atoms. The lowest BCUT2D eigenvalue weighted by Crippen LogP contribution is -2.41. The number of anilines is 1. The third-order valence-electron chi connectivity index (χ3n) is 5.77. The van der Waals surface area contributed by atoms with Gasteiger partial charge in [-0.25, -0.2) is 9.97 Å². The van der Waals surface area contributed by atoms with Crippen LogP contribution in [-0.4, -0.2) is 40.2 Å². The third kappa shape index (κ3) is 2.71. The van der Waals surface area contributed by atoms with Crippen LogP contribution < -0.4 is 4.90 Å². The van der Waals surface area contributed by atoms with Crippen molar-refractivity contribution in [1.82, 2.24) is 15.0 Å². The number of hydrogen-bond acceptors (Lipinski definition) is 5. The van der Waals surface area contributed by atoms with Crippen LogP contribution in [0.2, 0.25) is 0 Å². The Bertz CT molecular complexity index is 764. The zero-order valence-corrected chi connectivity index (χ0v) is 14.5. The number of ether oxygens (including phenoxy) is 1. The van der Waals surface area contributed by atoms with E-state index in [9.17, 15) is 0 Å². The van der Waals surface area contributed by atoms with Gasteiger partial charge in [-0.05, 0) is 57.1 Å². The molecule has 2 aromatic rings. The molecule has 5 nitrogen and oxygen atoms in total. The van der Waals surface area contributed by atoms with Gasteiger partial charge < -0.3 is 9.64 Å². The molecule has 1 saturated carbocycles. The molecule has 0 bridgehead atoms. The van der Waals surface area contributed by atoms with E-state index in [0.29, 0.717) is 12.1 Å². The van der Waals surface area contributed by atoms with Crippen LogP contribution in [0.3, 0.4) is 0 Å². The Labute approximate surface area is 148 Å². The Morgan fingerprint density at radius 3 is 2.96 bits per heavy atom. The highest BCUT2D eigenvalue weighted by atomic mass is 16.5. The van der Waals surface area contributed by atoms with E-state index in [4.69, 9.17) is 14.7 Å². The molecule has 2 unspecified atom stereocenters. The Hall–Kier alpha value is -2.01. The molecule has 2 atom stereocenters. The highest BCUT2D eigenvalue weighted by Crippen LogP contribution is 2.37. The molecule has 0 radical (unpaired) electrons. The van der Waals surface area contributed by atoms with Gasteiger partial charge in [0.05, 0.1) is 12.1 Å². The van der Waals surface area contributed by atoms with E-state index < -0.39 is 0 Å². The molecule has 25 heavy (non-hydrogen) atoms. The Morgan fingerprint density at radius 2 is 2.04 bits per heavy atom. The van der Waals surface area contributed by atoms with Crippen molar-refractivity contribution in [2.45, 2.75) is 57.1 Å². The summed E-state index contributed by atoms with van der Waals surface area (Å²) in [4.78, 5) is 16.9. The quantitative estimate of drug-likeness (QED) is 0.843. The van der Waals surface area contributed by atoms with Gasteiger partial charge in [-0.3, -0.25) is 4.98 Å². The van der Waals surface area contributed by atoms with Gasteiger partial charge in [0.25, 0.3) is 0 Å². The van der Waals surface area contributed by atoms with Crippen molar-refractivity contribution in [3.63, 3.8) is 0 Å². The molecule has 1 aliphatic heterocycles. The Balaban J connectivity index is 1.61. The van der Waals surface area contributed by atoms with E-state index in [0.717, 1.165) is 49.8 Å². The van der Waals surface area contributed by atoms with Gasteiger partial charge in [-0.2, -0.15) is 0 Å². The summed E-state index contributed by atoms with van der Waals surface area (Å²) < 4.78 is 6.12. The van der Waals surface area contributed by atoms with Crippen LogP contribution in [0.4, 0.5) is 5.82 Å². The van der Waals surface area contributed by atoms with Crippen LogP contribution in [-0.2, 0) is 17.6 Å². The first-order valence-electron chi connectivity index (χ1n) is 9.59. The lowest BCUT2D eigenvalue weighted by molar-refractivity contribution is 0.0590. The number of fused-ring (bicyclic) bond motifs is 2. The second-order valence-corrected chi connectivity index (χ2v) is 7.32. The molecular formula is C20H24N4O. The normalized spacial score (nSPS) is 25.5. The van der Waals surface area contributed by atoms with Crippen molar-refractivity contribution in [3.8, 4) is 11.5 Å². The monoisotopic (exact) mass is 336 g/mol. The topological polar surface area (TPSA) is 51.1 Å². The van der Waals surface area contributed by atoms with E-state index in [1.807, 2.05) is 24.4 Å². The van der Waals surface area contributed by atoms with Crippen molar-refractivity contribution in [3.05, 3.63) is 35.7 Å². The van der Waals surface area contributed by atoms with Crippen LogP contribution in [0.25, 0.3) is 11.5 Å². The maximum atomic E-state index is 6.12. The molecule has 2 aromatic heterocycles. The Morgan fingerprint density at radius 1 is 1.04 bits per heavy atom. The predicted octanol–water partition coefficient (Wildman–Crippen LogP) is 3.18. The lowest BCUT2D eigenvalue weighted by Gasteiger charge is -2.32. The van der Waals surface area contributed by atoms with Crippen molar-refractivity contribution < 1.29 is 4.74 Å². The van der Waals surface area contributed by atoms with Gasteiger partial charge in [0.15, 0.2) is 5.82 Å². The van der Waals surface area contributed by atoms with Gasteiger partial charge >= 0.3 is 0 Å². The van der Waals surface area contributed by atoms with Gasteiger partial charge in [-0.1, -0.05) is 6.07 Å². The van der Waals surface area contributed by atoms with Crippen LogP contribution in [0.1, 0.15) is 43.4 Å². The van der Waals surface area contributed by atoms with Crippen LogP contribution >= 0.6 is 0 Å². The number of nitrogens with zero attached hydrogens (tertiary/aromatic N) is 4. The molecule has 3 aliphatic rings. The first-order chi connectivity index (χ1) is 12.4. The third-order valence-corrected chi connectivity index (χ3v) is 5.77. The van der Waals surface area contributed by atoms with Crippen LogP contribution in [0.5, 0.6) is 0 Å². The van der Waals surface area contributed by atoms with E-state index in [1.165, 1.54) is 36.9 Å². The van der Waals surface area contributed by atoms with Gasteiger partial charge in [0.2, 0.25) is 0 Å². The second-order valence-electron chi connectivity index (χ2n) is 7.32. The zero-order valence-electron chi connectivity index (χ0n) is 14.5. The van der Waals surface area contributed by atoms with E-state index in [2.05, 4.69) is 9.88 Å². The average Bonchev–Trinajstić information content (AvgIpc) is 3.27. The summed E-state index contributed by atoms with van der Waals surface area (Å²) in [5, 5.41) is 0. The molecule has 2 fully saturated rings. The summed E-state index contributed by atoms with van der Waals surface area (Å²) in [6, 6.07) is 6.42. The van der Waals surface area contributed by atoms with Crippen molar-refractivity contribution in [1.29, 1.82) is 0 Å². The lowest BCUT2D eigenvalue weighted by atomic mass is 10.1. The maximum absolute atomic E-state index is 6.12. The minimum absolute atomic E-state index is 0.368. The van der Waals surface area contributed by atoms with Gasteiger partial charge in [0, 0.05) is 30.6 Å². The van der Waals surface area contributed by atoms with Crippen molar-refractivity contribution in [2.24, 2.45) is 0 Å². The Kier molecular flexibility index (Phi) is 3.89. The summed E-state index contributed by atoms with van der Waals surface area (Å²) >= 11 is 0. The molecule has 5 rings (SSSR count). The van der Waals surface area contributed by atoms with Crippen LogP contribution in [0, 0.1) is 0 Å². The number of hydrogen-bond donors (Lipinski definition) is 0. The number of aromatic nitrogens is 3. The molecular weight excluding hydrogens is 312 g/mol.